The van der Waals surface area contributed by atoms with Crippen LogP contribution in [0.25, 0.3) is 0 Å². The molecule has 0 fully saturated rings. The van der Waals surface area contributed by atoms with Crippen molar-refractivity contribution >= 4 is 15.9 Å². The van der Waals surface area contributed by atoms with Crippen LogP contribution in [-0.4, -0.2) is 5.11 Å². The molecule has 0 heterocycles. The Morgan fingerprint density at radius 3 is 2.60 bits per heavy atom. The number of hydrogen-bond acceptors (Lipinski definition) is 1. The van der Waals surface area contributed by atoms with E-state index in [1.165, 1.54) is 17.7 Å². The van der Waals surface area contributed by atoms with E-state index in [0.29, 0.717) is 16.0 Å². The van der Waals surface area contributed by atoms with Gasteiger partial charge in [0.2, 0.25) is 0 Å². The van der Waals surface area contributed by atoms with E-state index in [2.05, 4.69) is 35.8 Å². The van der Waals surface area contributed by atoms with Gasteiger partial charge in [0.15, 0.2) is 0 Å². The van der Waals surface area contributed by atoms with Crippen LogP contribution < -0.4 is 0 Å². The molecule has 0 saturated carbocycles. The summed E-state index contributed by atoms with van der Waals surface area (Å²) in [6, 6.07) is 12.2. The molecule has 2 aromatic rings. The first kappa shape index (κ1) is 15.2. The highest BCUT2D eigenvalue weighted by atomic mass is 79.9. The standard InChI is InChI=1S/C17H18BrFO/c1-11(2)8-12-4-3-5-13(9-12)17(20)15-10-14(19)6-7-16(15)18/h3-7,9-11,17,20H,8H2,1-2H3. The molecular weight excluding hydrogens is 319 g/mol. The molecule has 0 radical (unpaired) electrons. The lowest BCUT2D eigenvalue weighted by Crippen LogP contribution is -2.03. The Morgan fingerprint density at radius 1 is 1.15 bits per heavy atom. The van der Waals surface area contributed by atoms with Crippen molar-refractivity contribution in [2.24, 2.45) is 5.92 Å². The van der Waals surface area contributed by atoms with Crippen LogP contribution >= 0.6 is 15.9 Å². The molecule has 0 aliphatic carbocycles. The first-order valence-electron chi connectivity index (χ1n) is 6.69. The van der Waals surface area contributed by atoms with Crippen LogP contribution in [0.2, 0.25) is 0 Å². The summed E-state index contributed by atoms with van der Waals surface area (Å²) in [6.07, 6.45) is 0.136. The van der Waals surface area contributed by atoms with Crippen molar-refractivity contribution in [3.63, 3.8) is 0 Å². The number of hydrogen-bond donors (Lipinski definition) is 1. The summed E-state index contributed by atoms with van der Waals surface area (Å²) in [5.41, 5.74) is 2.52. The molecule has 20 heavy (non-hydrogen) atoms. The van der Waals surface area contributed by atoms with E-state index in [0.717, 1.165) is 12.0 Å². The zero-order chi connectivity index (χ0) is 14.7. The Labute approximate surface area is 127 Å². The zero-order valence-corrected chi connectivity index (χ0v) is 13.2. The first-order chi connectivity index (χ1) is 9.47. The molecule has 0 aliphatic rings. The molecule has 2 aromatic carbocycles. The summed E-state index contributed by atoms with van der Waals surface area (Å²) in [7, 11) is 0. The second-order valence-corrected chi connectivity index (χ2v) is 6.27. The number of benzene rings is 2. The van der Waals surface area contributed by atoms with E-state index in [4.69, 9.17) is 0 Å². The average molecular weight is 337 g/mol. The van der Waals surface area contributed by atoms with Gasteiger partial charge in [-0.2, -0.15) is 0 Å². The summed E-state index contributed by atoms with van der Waals surface area (Å²) in [5.74, 6) is 0.212. The van der Waals surface area contributed by atoms with Crippen LogP contribution in [0.15, 0.2) is 46.9 Å². The maximum atomic E-state index is 13.3. The van der Waals surface area contributed by atoms with Gasteiger partial charge in [-0.05, 0) is 41.7 Å². The first-order valence-corrected chi connectivity index (χ1v) is 7.48. The molecule has 0 aromatic heterocycles. The predicted octanol–water partition coefficient (Wildman–Crippen LogP) is 4.87. The van der Waals surface area contributed by atoms with Crippen molar-refractivity contribution in [1.82, 2.24) is 0 Å². The Morgan fingerprint density at radius 2 is 1.90 bits per heavy atom. The van der Waals surface area contributed by atoms with Crippen molar-refractivity contribution in [2.75, 3.05) is 0 Å². The van der Waals surface area contributed by atoms with Crippen LogP contribution in [-0.2, 0) is 6.42 Å². The van der Waals surface area contributed by atoms with E-state index < -0.39 is 6.10 Å². The predicted molar refractivity (Wildman–Crippen MR) is 83.1 cm³/mol. The Balaban J connectivity index is 2.33. The topological polar surface area (TPSA) is 20.2 Å². The molecule has 2 rings (SSSR count). The number of halogens is 2. The third kappa shape index (κ3) is 3.68. The fourth-order valence-corrected chi connectivity index (χ4v) is 2.73. The highest BCUT2D eigenvalue weighted by Gasteiger charge is 2.15. The van der Waals surface area contributed by atoms with Crippen molar-refractivity contribution in [3.8, 4) is 0 Å². The zero-order valence-electron chi connectivity index (χ0n) is 11.6. The van der Waals surface area contributed by atoms with Crippen molar-refractivity contribution < 1.29 is 9.50 Å². The monoisotopic (exact) mass is 336 g/mol. The molecule has 0 aliphatic heterocycles. The largest absolute Gasteiger partial charge is 0.384 e. The Bertz CT molecular complexity index is 595. The molecule has 1 unspecified atom stereocenters. The highest BCUT2D eigenvalue weighted by molar-refractivity contribution is 9.10. The Hall–Kier alpha value is -1.19. The molecule has 0 saturated heterocycles. The van der Waals surface area contributed by atoms with Crippen molar-refractivity contribution in [1.29, 1.82) is 0 Å². The number of aliphatic hydroxyl groups excluding tert-OH is 1. The average Bonchev–Trinajstić information content (AvgIpc) is 2.40. The lowest BCUT2D eigenvalue weighted by atomic mass is 9.96. The van der Waals surface area contributed by atoms with Gasteiger partial charge in [0.25, 0.3) is 0 Å². The molecule has 0 bridgehead atoms. The normalized spacial score (nSPS) is 12.7. The van der Waals surface area contributed by atoms with E-state index in [-0.39, 0.29) is 5.82 Å². The van der Waals surface area contributed by atoms with Gasteiger partial charge in [0, 0.05) is 10.0 Å². The fraction of sp³-hybridized carbons (Fsp3) is 0.294. The molecule has 1 N–H and O–H groups in total. The third-order valence-electron chi connectivity index (χ3n) is 3.16. The smallest absolute Gasteiger partial charge is 0.123 e. The Kier molecular flexibility index (Phi) is 4.95. The molecule has 106 valence electrons. The lowest BCUT2D eigenvalue weighted by Gasteiger charge is -2.15. The molecule has 1 nitrogen and oxygen atoms in total. The SMILES string of the molecule is CC(C)Cc1cccc(C(O)c2cc(F)ccc2Br)c1. The number of rotatable bonds is 4. The third-order valence-corrected chi connectivity index (χ3v) is 3.89. The van der Waals surface area contributed by atoms with Gasteiger partial charge in [-0.25, -0.2) is 4.39 Å². The van der Waals surface area contributed by atoms with Crippen LogP contribution in [0.1, 0.15) is 36.6 Å². The number of aliphatic hydroxyl groups is 1. The van der Waals surface area contributed by atoms with Crippen LogP contribution in [0.4, 0.5) is 4.39 Å². The molecule has 0 amide bonds. The molecule has 0 spiro atoms. The van der Waals surface area contributed by atoms with Gasteiger partial charge in [-0.3, -0.25) is 0 Å². The second-order valence-electron chi connectivity index (χ2n) is 5.41. The summed E-state index contributed by atoms with van der Waals surface area (Å²) in [4.78, 5) is 0. The van der Waals surface area contributed by atoms with Gasteiger partial charge in [0.1, 0.15) is 11.9 Å². The summed E-state index contributed by atoms with van der Waals surface area (Å²) < 4.78 is 14.1. The molecule has 1 atom stereocenters. The summed E-state index contributed by atoms with van der Waals surface area (Å²) in [5, 5.41) is 10.5. The lowest BCUT2D eigenvalue weighted by molar-refractivity contribution is 0.219. The maximum Gasteiger partial charge on any atom is 0.123 e. The summed E-state index contributed by atoms with van der Waals surface area (Å²) in [6.45, 7) is 4.32. The van der Waals surface area contributed by atoms with Gasteiger partial charge < -0.3 is 5.11 Å². The highest BCUT2D eigenvalue weighted by Crippen LogP contribution is 2.29. The van der Waals surface area contributed by atoms with E-state index in [1.54, 1.807) is 6.07 Å². The van der Waals surface area contributed by atoms with Crippen LogP contribution in [0.3, 0.4) is 0 Å². The van der Waals surface area contributed by atoms with Crippen molar-refractivity contribution in [3.05, 3.63) is 69.4 Å². The van der Waals surface area contributed by atoms with Crippen molar-refractivity contribution in [2.45, 2.75) is 26.4 Å². The van der Waals surface area contributed by atoms with E-state index in [9.17, 15) is 9.50 Å². The minimum Gasteiger partial charge on any atom is -0.384 e. The quantitative estimate of drug-likeness (QED) is 0.844. The second kappa shape index (κ2) is 6.51. The maximum absolute atomic E-state index is 13.3. The molecular formula is C17H18BrFO. The molecule has 3 heteroatoms. The minimum atomic E-state index is -0.827. The van der Waals surface area contributed by atoms with Gasteiger partial charge in [0.05, 0.1) is 0 Å². The van der Waals surface area contributed by atoms with E-state index >= 15 is 0 Å². The fourth-order valence-electron chi connectivity index (χ4n) is 2.27. The van der Waals surface area contributed by atoms with E-state index in [1.807, 2.05) is 18.2 Å². The summed E-state index contributed by atoms with van der Waals surface area (Å²) >= 11 is 3.36. The minimum absolute atomic E-state index is 0.347. The van der Waals surface area contributed by atoms with Gasteiger partial charge in [-0.1, -0.05) is 54.0 Å². The van der Waals surface area contributed by atoms with Crippen LogP contribution in [0.5, 0.6) is 0 Å². The van der Waals surface area contributed by atoms with Crippen LogP contribution in [0, 0.1) is 11.7 Å². The van der Waals surface area contributed by atoms with Gasteiger partial charge in [-0.15, -0.1) is 0 Å². The van der Waals surface area contributed by atoms with Gasteiger partial charge >= 0.3 is 0 Å².